The molecule has 286 valence electrons. The molecule has 1 aliphatic rings. The van der Waals surface area contributed by atoms with Crippen LogP contribution in [0.5, 0.6) is 0 Å². The molecule has 1 aliphatic carbocycles. The van der Waals surface area contributed by atoms with Gasteiger partial charge in [-0.2, -0.15) is 0 Å². The van der Waals surface area contributed by atoms with E-state index in [1.54, 1.807) is 0 Å². The summed E-state index contributed by atoms with van der Waals surface area (Å²) < 4.78 is 0. The average Bonchev–Trinajstić information content (AvgIpc) is 3.50. The lowest BCUT2D eigenvalue weighted by Gasteiger charge is -2.28. The molecule has 1 heteroatoms. The van der Waals surface area contributed by atoms with Gasteiger partial charge in [-0.1, -0.05) is 153 Å². The van der Waals surface area contributed by atoms with Gasteiger partial charge in [0, 0.05) is 22.5 Å². The molecule has 0 fully saturated rings. The number of nitrogens with zero attached hydrogens (tertiary/aromatic N) is 1. The van der Waals surface area contributed by atoms with Crippen LogP contribution >= 0.6 is 0 Å². The predicted molar refractivity (Wildman–Crippen MR) is 257 cm³/mol. The minimum absolute atomic E-state index is 0.225. The molecule has 0 aromatic heterocycles. The summed E-state index contributed by atoms with van der Waals surface area (Å²) in [5.41, 5.74) is 18.6. The van der Waals surface area contributed by atoms with Crippen molar-refractivity contribution in [1.82, 2.24) is 0 Å². The van der Waals surface area contributed by atoms with Gasteiger partial charge in [0.1, 0.15) is 0 Å². The van der Waals surface area contributed by atoms with E-state index >= 15 is 0 Å². The van der Waals surface area contributed by atoms with Gasteiger partial charge in [0.25, 0.3) is 0 Å². The Morgan fingerprint density at radius 2 is 0.817 bits per heavy atom. The molecule has 10 aromatic carbocycles. The summed E-state index contributed by atoms with van der Waals surface area (Å²) in [5.74, 6) is 0. The van der Waals surface area contributed by atoms with Gasteiger partial charge in [-0.25, -0.2) is 0 Å². The van der Waals surface area contributed by atoms with Crippen LogP contribution in [0, 0.1) is 13.8 Å². The Labute approximate surface area is 352 Å². The van der Waals surface area contributed by atoms with Crippen LogP contribution in [0.2, 0.25) is 0 Å². The maximum absolute atomic E-state index is 2.50. The number of anilines is 3. The van der Waals surface area contributed by atoms with Crippen LogP contribution in [-0.4, -0.2) is 0 Å². The van der Waals surface area contributed by atoms with Gasteiger partial charge >= 0.3 is 0 Å². The lowest BCUT2D eigenvalue weighted by molar-refractivity contribution is 0.660. The van der Waals surface area contributed by atoms with Crippen molar-refractivity contribution in [3.63, 3.8) is 0 Å². The lowest BCUT2D eigenvalue weighted by Crippen LogP contribution is -2.16. The lowest BCUT2D eigenvalue weighted by atomic mass is 9.80. The predicted octanol–water partition coefficient (Wildman–Crippen LogP) is 16.5. The van der Waals surface area contributed by atoms with Crippen LogP contribution in [0.1, 0.15) is 36.1 Å². The van der Waals surface area contributed by atoms with Crippen molar-refractivity contribution >= 4 is 49.4 Å². The fraction of sp³-hybridized carbons (Fsp3) is 0.0847. The first-order chi connectivity index (χ1) is 29.3. The molecule has 0 saturated heterocycles. The van der Waals surface area contributed by atoms with Crippen molar-refractivity contribution < 1.29 is 0 Å². The SMILES string of the molecule is Cc1cccc(N(c2cccc(C)c2)c2ccc3c(c2)C(C)(C)c2cc(-c4c5ccccc5c(-c5cccc(-c6ccccc6)c5)c5cc6ccccc6cc45)ccc2-3)c1. The molecule has 60 heavy (non-hydrogen) atoms. The van der Waals surface area contributed by atoms with E-state index in [0.717, 1.165) is 11.4 Å². The van der Waals surface area contributed by atoms with E-state index in [1.165, 1.54) is 105 Å². The minimum atomic E-state index is -0.225. The largest absolute Gasteiger partial charge is 0.310 e. The van der Waals surface area contributed by atoms with E-state index in [4.69, 9.17) is 0 Å². The Balaban J connectivity index is 1.10. The van der Waals surface area contributed by atoms with Gasteiger partial charge in [-0.05, 0) is 174 Å². The number of rotatable bonds is 6. The Bertz CT molecular complexity index is 3270. The third kappa shape index (κ3) is 5.84. The molecule has 11 rings (SSSR count). The molecule has 0 aliphatic heterocycles. The normalized spacial score (nSPS) is 12.8. The Kier molecular flexibility index (Phi) is 8.36. The number of aryl methyl sites for hydroxylation is 2. The summed E-state index contributed by atoms with van der Waals surface area (Å²) in [6, 6.07) is 74.5. The molecule has 1 nitrogen and oxygen atoms in total. The highest BCUT2D eigenvalue weighted by atomic mass is 15.1. The number of hydrogen-bond donors (Lipinski definition) is 0. The van der Waals surface area contributed by atoms with Gasteiger partial charge < -0.3 is 4.90 Å². The van der Waals surface area contributed by atoms with Crippen LogP contribution in [-0.2, 0) is 5.41 Å². The average molecular weight is 768 g/mol. The molecule has 0 atom stereocenters. The minimum Gasteiger partial charge on any atom is -0.310 e. The molecule has 0 amide bonds. The summed E-state index contributed by atoms with van der Waals surface area (Å²) in [7, 11) is 0. The van der Waals surface area contributed by atoms with Gasteiger partial charge in [-0.15, -0.1) is 0 Å². The number of hydrogen-bond acceptors (Lipinski definition) is 1. The monoisotopic (exact) mass is 767 g/mol. The number of fused-ring (bicyclic) bond motifs is 6. The Hall–Kier alpha value is -7.22. The quantitative estimate of drug-likeness (QED) is 0.152. The third-order valence-electron chi connectivity index (χ3n) is 12.9. The van der Waals surface area contributed by atoms with Crippen molar-refractivity contribution in [3.8, 4) is 44.5 Å². The highest BCUT2D eigenvalue weighted by Crippen LogP contribution is 2.53. The van der Waals surface area contributed by atoms with Crippen molar-refractivity contribution in [1.29, 1.82) is 0 Å². The van der Waals surface area contributed by atoms with E-state index in [0.29, 0.717) is 0 Å². The van der Waals surface area contributed by atoms with E-state index in [-0.39, 0.29) is 5.41 Å². The maximum atomic E-state index is 2.50. The van der Waals surface area contributed by atoms with Crippen molar-refractivity contribution in [2.45, 2.75) is 33.1 Å². The summed E-state index contributed by atoms with van der Waals surface area (Å²) in [6.07, 6.45) is 0. The van der Waals surface area contributed by atoms with E-state index in [9.17, 15) is 0 Å². The van der Waals surface area contributed by atoms with Crippen molar-refractivity contribution in [2.75, 3.05) is 4.90 Å². The first-order valence-electron chi connectivity index (χ1n) is 21.1. The number of benzene rings is 10. The second-order valence-corrected chi connectivity index (χ2v) is 17.1. The van der Waals surface area contributed by atoms with Crippen LogP contribution < -0.4 is 4.90 Å². The molecule has 10 aromatic rings. The molecule has 0 radical (unpaired) electrons. The van der Waals surface area contributed by atoms with Crippen LogP contribution in [0.4, 0.5) is 17.1 Å². The summed E-state index contributed by atoms with van der Waals surface area (Å²) >= 11 is 0. The summed E-state index contributed by atoms with van der Waals surface area (Å²) in [5, 5.41) is 7.57. The fourth-order valence-electron chi connectivity index (χ4n) is 9.97. The molecule has 0 bridgehead atoms. The standard InChI is InChI=1S/C59H45N/c1-38-15-12-23-46(31-38)60(47-24-13-16-39(2)32-47)48-28-30-50-49-29-27-45(36-55(49)59(3,4)56(50)37-48)58-52-26-11-10-25-51(52)57(53-34-42-19-8-9-20-43(42)35-54(53)58)44-22-14-21-41(33-44)40-17-6-5-7-18-40/h5-37H,1-4H3. The zero-order valence-corrected chi connectivity index (χ0v) is 34.5. The van der Waals surface area contributed by atoms with Gasteiger partial charge in [0.2, 0.25) is 0 Å². The van der Waals surface area contributed by atoms with Crippen LogP contribution in [0.3, 0.4) is 0 Å². The van der Waals surface area contributed by atoms with Gasteiger partial charge in [0.15, 0.2) is 0 Å². The van der Waals surface area contributed by atoms with Crippen molar-refractivity contribution in [2.24, 2.45) is 0 Å². The van der Waals surface area contributed by atoms with E-state index in [1.807, 2.05) is 0 Å². The zero-order valence-electron chi connectivity index (χ0n) is 34.5. The van der Waals surface area contributed by atoms with Crippen molar-refractivity contribution in [3.05, 3.63) is 222 Å². The summed E-state index contributed by atoms with van der Waals surface area (Å²) in [4.78, 5) is 2.41. The molecule has 0 saturated carbocycles. The highest BCUT2D eigenvalue weighted by Gasteiger charge is 2.36. The van der Waals surface area contributed by atoms with E-state index in [2.05, 4.69) is 233 Å². The van der Waals surface area contributed by atoms with Gasteiger partial charge in [0.05, 0.1) is 0 Å². The molecular formula is C59H45N. The van der Waals surface area contributed by atoms with Crippen LogP contribution in [0.15, 0.2) is 200 Å². The Morgan fingerprint density at radius 3 is 1.43 bits per heavy atom. The van der Waals surface area contributed by atoms with E-state index < -0.39 is 0 Å². The third-order valence-corrected chi connectivity index (χ3v) is 12.9. The first-order valence-corrected chi connectivity index (χ1v) is 21.1. The molecular weight excluding hydrogens is 723 g/mol. The fourth-order valence-corrected chi connectivity index (χ4v) is 9.97. The highest BCUT2D eigenvalue weighted by molar-refractivity contribution is 6.23. The second kappa shape index (κ2) is 14.0. The molecule has 0 spiro atoms. The van der Waals surface area contributed by atoms with Gasteiger partial charge in [-0.3, -0.25) is 0 Å². The molecule has 0 heterocycles. The molecule has 0 unspecified atom stereocenters. The maximum Gasteiger partial charge on any atom is 0.0465 e. The zero-order chi connectivity index (χ0) is 40.5. The van der Waals surface area contributed by atoms with Crippen LogP contribution in [0.25, 0.3) is 76.8 Å². The topological polar surface area (TPSA) is 3.24 Å². The molecule has 0 N–H and O–H groups in total. The summed E-state index contributed by atoms with van der Waals surface area (Å²) in [6.45, 7) is 9.15. The first kappa shape index (κ1) is 35.9. The second-order valence-electron chi connectivity index (χ2n) is 17.1. The smallest absolute Gasteiger partial charge is 0.0465 e. The Morgan fingerprint density at radius 1 is 0.333 bits per heavy atom.